The Bertz CT molecular complexity index is 435. The zero-order valence-corrected chi connectivity index (χ0v) is 13.3. The molecule has 1 aromatic heterocycles. The summed E-state index contributed by atoms with van der Waals surface area (Å²) >= 11 is 0. The lowest BCUT2D eigenvalue weighted by Crippen LogP contribution is -2.38. The standard InChI is InChI=1S/C15H26N4O3/c1-3-18(4-2)14-7-6-13(12-16-14)17-15(22)19(9-11-21)8-5-10-20/h6-7,12,20-21H,3-5,8-11H2,1-2H3,(H,17,22). The monoisotopic (exact) mass is 310 g/mol. The van der Waals surface area contributed by atoms with E-state index in [2.05, 4.69) is 29.0 Å². The summed E-state index contributed by atoms with van der Waals surface area (Å²) in [7, 11) is 0. The number of aliphatic hydroxyl groups excluding tert-OH is 2. The van der Waals surface area contributed by atoms with Crippen LogP contribution in [0.25, 0.3) is 0 Å². The second-order valence-corrected chi connectivity index (χ2v) is 4.80. The molecule has 0 aliphatic heterocycles. The van der Waals surface area contributed by atoms with Gasteiger partial charge < -0.3 is 25.3 Å². The number of nitrogens with zero attached hydrogens (tertiary/aromatic N) is 3. The molecule has 2 amide bonds. The number of hydrogen-bond donors (Lipinski definition) is 3. The molecule has 22 heavy (non-hydrogen) atoms. The average molecular weight is 310 g/mol. The Labute approximate surface area is 131 Å². The highest BCUT2D eigenvalue weighted by Gasteiger charge is 2.13. The van der Waals surface area contributed by atoms with Gasteiger partial charge in [-0.25, -0.2) is 9.78 Å². The van der Waals surface area contributed by atoms with Gasteiger partial charge in [0.05, 0.1) is 18.5 Å². The molecule has 7 heteroatoms. The third-order valence-corrected chi connectivity index (χ3v) is 3.33. The Hall–Kier alpha value is -1.86. The lowest BCUT2D eigenvalue weighted by molar-refractivity contribution is 0.180. The van der Waals surface area contributed by atoms with Crippen molar-refractivity contribution >= 4 is 17.5 Å². The quantitative estimate of drug-likeness (QED) is 0.636. The molecule has 1 aromatic rings. The molecule has 0 aliphatic carbocycles. The predicted octanol–water partition coefficient (Wildman–Crippen LogP) is 1.14. The molecule has 124 valence electrons. The van der Waals surface area contributed by atoms with Crippen LogP contribution in [-0.4, -0.2) is 65.5 Å². The molecule has 0 atom stereocenters. The first kappa shape index (κ1) is 18.2. The van der Waals surface area contributed by atoms with Gasteiger partial charge in [0, 0.05) is 32.8 Å². The van der Waals surface area contributed by atoms with Crippen LogP contribution in [0.15, 0.2) is 18.3 Å². The average Bonchev–Trinajstić information content (AvgIpc) is 2.54. The summed E-state index contributed by atoms with van der Waals surface area (Å²) in [5.41, 5.74) is 0.604. The van der Waals surface area contributed by atoms with E-state index in [0.29, 0.717) is 18.7 Å². The first-order valence-electron chi connectivity index (χ1n) is 7.64. The van der Waals surface area contributed by atoms with Gasteiger partial charge in [0.2, 0.25) is 0 Å². The lowest BCUT2D eigenvalue weighted by atomic mass is 10.3. The minimum Gasteiger partial charge on any atom is -0.396 e. The Morgan fingerprint density at radius 2 is 1.91 bits per heavy atom. The van der Waals surface area contributed by atoms with Crippen molar-refractivity contribution in [2.45, 2.75) is 20.3 Å². The summed E-state index contributed by atoms with van der Waals surface area (Å²) in [4.78, 5) is 20.1. The van der Waals surface area contributed by atoms with Crippen LogP contribution in [0.5, 0.6) is 0 Å². The number of aromatic nitrogens is 1. The van der Waals surface area contributed by atoms with E-state index in [9.17, 15) is 4.79 Å². The minimum absolute atomic E-state index is 0.00926. The number of hydrogen-bond acceptors (Lipinski definition) is 5. The summed E-state index contributed by atoms with van der Waals surface area (Å²) in [5.74, 6) is 0.871. The Kier molecular flexibility index (Phi) is 8.24. The minimum atomic E-state index is -0.306. The topological polar surface area (TPSA) is 88.9 Å². The molecular weight excluding hydrogens is 284 g/mol. The van der Waals surface area contributed by atoms with E-state index in [1.165, 1.54) is 4.90 Å². The van der Waals surface area contributed by atoms with Gasteiger partial charge in [0.15, 0.2) is 0 Å². The van der Waals surface area contributed by atoms with Crippen molar-refractivity contribution in [3.63, 3.8) is 0 Å². The van der Waals surface area contributed by atoms with E-state index in [4.69, 9.17) is 10.2 Å². The molecule has 7 nitrogen and oxygen atoms in total. The number of nitrogens with one attached hydrogen (secondary N) is 1. The van der Waals surface area contributed by atoms with E-state index >= 15 is 0 Å². The summed E-state index contributed by atoms with van der Waals surface area (Å²) in [6.45, 7) is 6.41. The van der Waals surface area contributed by atoms with Crippen LogP contribution in [0.2, 0.25) is 0 Å². The van der Waals surface area contributed by atoms with Crippen molar-refractivity contribution in [3.8, 4) is 0 Å². The molecule has 0 spiro atoms. The highest BCUT2D eigenvalue weighted by atomic mass is 16.3. The highest BCUT2D eigenvalue weighted by Crippen LogP contribution is 2.14. The fourth-order valence-corrected chi connectivity index (χ4v) is 2.09. The van der Waals surface area contributed by atoms with Gasteiger partial charge in [-0.2, -0.15) is 0 Å². The van der Waals surface area contributed by atoms with Crippen molar-refractivity contribution < 1.29 is 15.0 Å². The molecule has 0 aromatic carbocycles. The summed E-state index contributed by atoms with van der Waals surface area (Å²) < 4.78 is 0. The molecule has 0 aliphatic rings. The maximum atomic E-state index is 12.1. The van der Waals surface area contributed by atoms with Crippen molar-refractivity contribution in [2.24, 2.45) is 0 Å². The van der Waals surface area contributed by atoms with Crippen LogP contribution in [0.4, 0.5) is 16.3 Å². The summed E-state index contributed by atoms with van der Waals surface area (Å²) in [6.07, 6.45) is 2.10. The largest absolute Gasteiger partial charge is 0.396 e. The molecule has 0 saturated carbocycles. The first-order valence-corrected chi connectivity index (χ1v) is 7.64. The number of pyridine rings is 1. The highest BCUT2D eigenvalue weighted by molar-refractivity contribution is 5.89. The van der Waals surface area contributed by atoms with Crippen molar-refractivity contribution in [2.75, 3.05) is 49.6 Å². The second kappa shape index (κ2) is 9.97. The van der Waals surface area contributed by atoms with E-state index in [1.54, 1.807) is 6.20 Å². The van der Waals surface area contributed by atoms with E-state index in [-0.39, 0.29) is 25.8 Å². The van der Waals surface area contributed by atoms with Crippen LogP contribution < -0.4 is 10.2 Å². The fourth-order valence-electron chi connectivity index (χ4n) is 2.09. The van der Waals surface area contributed by atoms with Gasteiger partial charge in [-0.1, -0.05) is 0 Å². The molecular formula is C15H26N4O3. The number of urea groups is 1. The number of anilines is 2. The van der Waals surface area contributed by atoms with Gasteiger partial charge in [0.1, 0.15) is 5.82 Å². The Morgan fingerprint density at radius 1 is 1.18 bits per heavy atom. The first-order chi connectivity index (χ1) is 10.7. The maximum Gasteiger partial charge on any atom is 0.321 e. The Balaban J connectivity index is 2.66. The van der Waals surface area contributed by atoms with Gasteiger partial charge in [-0.3, -0.25) is 0 Å². The predicted molar refractivity (Wildman–Crippen MR) is 87.2 cm³/mol. The summed E-state index contributed by atoms with van der Waals surface area (Å²) in [5, 5.41) is 20.6. The lowest BCUT2D eigenvalue weighted by Gasteiger charge is -2.22. The molecule has 0 fully saturated rings. The number of amides is 2. The van der Waals surface area contributed by atoms with E-state index in [0.717, 1.165) is 18.9 Å². The molecule has 3 N–H and O–H groups in total. The third kappa shape index (κ3) is 5.50. The number of aliphatic hydroxyl groups is 2. The zero-order chi connectivity index (χ0) is 16.4. The molecule has 0 radical (unpaired) electrons. The van der Waals surface area contributed by atoms with Crippen LogP contribution in [0, 0.1) is 0 Å². The van der Waals surface area contributed by atoms with Gasteiger partial charge in [-0.05, 0) is 32.4 Å². The third-order valence-electron chi connectivity index (χ3n) is 3.33. The molecule has 1 rings (SSSR count). The van der Waals surface area contributed by atoms with Gasteiger partial charge in [0.25, 0.3) is 0 Å². The second-order valence-electron chi connectivity index (χ2n) is 4.80. The Morgan fingerprint density at radius 3 is 2.41 bits per heavy atom. The van der Waals surface area contributed by atoms with Crippen molar-refractivity contribution in [1.82, 2.24) is 9.88 Å². The zero-order valence-electron chi connectivity index (χ0n) is 13.3. The number of carbonyl (C=O) groups excluding carboxylic acids is 1. The fraction of sp³-hybridized carbons (Fsp3) is 0.600. The van der Waals surface area contributed by atoms with Crippen molar-refractivity contribution in [3.05, 3.63) is 18.3 Å². The van der Waals surface area contributed by atoms with Crippen LogP contribution in [0.1, 0.15) is 20.3 Å². The molecule has 0 unspecified atom stereocenters. The summed E-state index contributed by atoms with van der Waals surface area (Å²) in [6, 6.07) is 3.37. The van der Waals surface area contributed by atoms with Crippen LogP contribution >= 0.6 is 0 Å². The van der Waals surface area contributed by atoms with Crippen LogP contribution in [-0.2, 0) is 0 Å². The molecule has 0 bridgehead atoms. The van der Waals surface area contributed by atoms with E-state index in [1.807, 2.05) is 12.1 Å². The van der Waals surface area contributed by atoms with Crippen LogP contribution in [0.3, 0.4) is 0 Å². The van der Waals surface area contributed by atoms with Crippen molar-refractivity contribution in [1.29, 1.82) is 0 Å². The van der Waals surface area contributed by atoms with Gasteiger partial charge in [-0.15, -0.1) is 0 Å². The van der Waals surface area contributed by atoms with Gasteiger partial charge >= 0.3 is 6.03 Å². The smallest absolute Gasteiger partial charge is 0.321 e. The normalized spacial score (nSPS) is 10.4. The molecule has 1 heterocycles. The SMILES string of the molecule is CCN(CC)c1ccc(NC(=O)N(CCO)CCCO)cn1. The number of carbonyl (C=O) groups is 1. The van der Waals surface area contributed by atoms with E-state index < -0.39 is 0 Å². The molecule has 0 saturated heterocycles. The maximum absolute atomic E-state index is 12.1. The number of rotatable bonds is 9.